The van der Waals surface area contributed by atoms with Gasteiger partial charge < -0.3 is 10.4 Å². The van der Waals surface area contributed by atoms with Crippen LogP contribution in [-0.4, -0.2) is 55.8 Å². The minimum Gasteiger partial charge on any atom is -0.386 e. The summed E-state index contributed by atoms with van der Waals surface area (Å²) < 4.78 is 39.6. The number of halogens is 3. The molecule has 3 amide bonds. The number of fused-ring (bicyclic) bond motifs is 1. The normalized spacial score (nSPS) is 18.4. The van der Waals surface area contributed by atoms with Crippen LogP contribution in [0.25, 0.3) is 10.2 Å². The largest absolute Gasteiger partial charge is 0.433 e. The van der Waals surface area contributed by atoms with Crippen LogP contribution in [0.3, 0.4) is 0 Å². The molecule has 10 nitrogen and oxygen atoms in total. The number of imide groups is 1. The van der Waals surface area contributed by atoms with Gasteiger partial charge >= 0.3 is 6.18 Å². The molecule has 1 atom stereocenters. The molecule has 3 N–H and O–H groups in total. The van der Waals surface area contributed by atoms with Crippen molar-refractivity contribution in [3.8, 4) is 0 Å². The Hall–Kier alpha value is -4.27. The summed E-state index contributed by atoms with van der Waals surface area (Å²) in [5.41, 5.74) is 0.645. The maximum Gasteiger partial charge on any atom is 0.433 e. The van der Waals surface area contributed by atoms with Gasteiger partial charge in [0.25, 0.3) is 5.91 Å². The van der Waals surface area contributed by atoms with Crippen LogP contribution in [0, 0.1) is 0 Å². The number of pyridine rings is 2. The molecule has 2 fully saturated rings. The summed E-state index contributed by atoms with van der Waals surface area (Å²) in [6.07, 6.45) is 0.390. The molecule has 14 heteroatoms. The minimum atomic E-state index is -4.62. The van der Waals surface area contributed by atoms with E-state index in [9.17, 15) is 32.7 Å². The number of rotatable bonds is 7. The number of likely N-dealkylation sites (tertiary alicyclic amines) is 1. The lowest BCUT2D eigenvalue weighted by molar-refractivity contribution is -0.141. The van der Waals surface area contributed by atoms with Gasteiger partial charge in [0.2, 0.25) is 11.8 Å². The second-order valence-electron chi connectivity index (χ2n) is 12.5. The molecule has 6 rings (SSSR count). The standard InChI is InChI=1S/C33H33F3N6O4S/c1-32(2,46)22-14-24-25(15-23(22)39-29(44)19-5-7-26(38-16-19)33(34,35)36)47-31(40-24)18-9-12-42(13-10-18)17-20-4-3-11-37-28(20)21-6-8-27(43)41-30(21)45/h3-5,7,11,14-16,18,21,46H,6,8-10,12-13,17H2,1-2H3,(H,39,44)(H,41,43,45). The topological polar surface area (TPSA) is 137 Å². The Balaban J connectivity index is 1.16. The number of thiazole rings is 1. The number of nitrogens with zero attached hydrogens (tertiary/aromatic N) is 4. The number of hydrogen-bond donors (Lipinski definition) is 3. The summed E-state index contributed by atoms with van der Waals surface area (Å²) in [5, 5.41) is 17.0. The van der Waals surface area contributed by atoms with Crippen molar-refractivity contribution in [3.63, 3.8) is 0 Å². The maximum atomic E-state index is 13.0. The SMILES string of the molecule is CC(C)(O)c1cc2nc(C3CCN(Cc4cccnc4C4CCC(=O)NC4=O)CC3)sc2cc1NC(=O)c1ccc(C(F)(F)F)nc1. The van der Waals surface area contributed by atoms with E-state index in [4.69, 9.17) is 4.98 Å². The van der Waals surface area contributed by atoms with Crippen molar-refractivity contribution in [3.05, 3.63) is 81.9 Å². The number of aromatic nitrogens is 3. The number of carbonyl (C=O) groups excluding carboxylic acids is 3. The van der Waals surface area contributed by atoms with Crippen LogP contribution >= 0.6 is 11.3 Å². The first kappa shape index (κ1) is 32.7. The molecule has 0 bridgehead atoms. The second-order valence-corrected chi connectivity index (χ2v) is 13.5. The Morgan fingerprint density at radius 2 is 1.87 bits per heavy atom. The molecule has 0 aliphatic carbocycles. The highest BCUT2D eigenvalue weighted by Gasteiger charge is 2.33. The van der Waals surface area contributed by atoms with E-state index in [2.05, 4.69) is 25.5 Å². The van der Waals surface area contributed by atoms with Crippen molar-refractivity contribution in [2.24, 2.45) is 0 Å². The van der Waals surface area contributed by atoms with Gasteiger partial charge in [-0.2, -0.15) is 13.2 Å². The van der Waals surface area contributed by atoms with Crippen molar-refractivity contribution >= 4 is 45.0 Å². The molecule has 4 aromatic rings. The Morgan fingerprint density at radius 1 is 1.11 bits per heavy atom. The summed E-state index contributed by atoms with van der Waals surface area (Å²) >= 11 is 1.51. The van der Waals surface area contributed by atoms with E-state index in [-0.39, 0.29) is 23.3 Å². The lowest BCUT2D eigenvalue weighted by atomic mass is 9.91. The van der Waals surface area contributed by atoms with Crippen LogP contribution in [0.5, 0.6) is 0 Å². The van der Waals surface area contributed by atoms with Gasteiger partial charge in [0.15, 0.2) is 0 Å². The van der Waals surface area contributed by atoms with Crippen molar-refractivity contribution < 1.29 is 32.7 Å². The molecule has 2 aliphatic rings. The summed E-state index contributed by atoms with van der Waals surface area (Å²) in [4.78, 5) is 52.2. The molecule has 0 spiro atoms. The smallest absolute Gasteiger partial charge is 0.386 e. The van der Waals surface area contributed by atoms with E-state index >= 15 is 0 Å². The molecule has 1 unspecified atom stereocenters. The summed E-state index contributed by atoms with van der Waals surface area (Å²) in [6, 6.07) is 9.14. The number of benzene rings is 1. The molecule has 1 aromatic carbocycles. The van der Waals surface area contributed by atoms with Crippen LogP contribution in [0.1, 0.15) is 89.2 Å². The zero-order valence-corrected chi connectivity index (χ0v) is 26.5. The van der Waals surface area contributed by atoms with Gasteiger partial charge in [0, 0.05) is 42.5 Å². The van der Waals surface area contributed by atoms with E-state index in [0.717, 1.165) is 59.5 Å². The predicted molar refractivity (Wildman–Crippen MR) is 169 cm³/mol. The van der Waals surface area contributed by atoms with E-state index in [1.807, 2.05) is 12.1 Å². The number of carbonyl (C=O) groups is 3. The molecule has 0 radical (unpaired) electrons. The molecule has 2 saturated heterocycles. The third kappa shape index (κ3) is 7.19. The van der Waals surface area contributed by atoms with Gasteiger partial charge in [-0.1, -0.05) is 6.07 Å². The highest BCUT2D eigenvalue weighted by molar-refractivity contribution is 7.18. The zero-order chi connectivity index (χ0) is 33.5. The summed E-state index contributed by atoms with van der Waals surface area (Å²) in [7, 11) is 0. The predicted octanol–water partition coefficient (Wildman–Crippen LogP) is 5.48. The fourth-order valence-electron chi connectivity index (χ4n) is 6.10. The molecule has 3 aromatic heterocycles. The van der Waals surface area contributed by atoms with Gasteiger partial charge in [0.1, 0.15) is 5.69 Å². The van der Waals surface area contributed by atoms with Crippen molar-refractivity contribution in [1.82, 2.24) is 25.2 Å². The highest BCUT2D eigenvalue weighted by atomic mass is 32.1. The third-order valence-electron chi connectivity index (χ3n) is 8.59. The van der Waals surface area contributed by atoms with Gasteiger partial charge in [0.05, 0.1) is 38.0 Å². The fourth-order valence-corrected chi connectivity index (χ4v) is 7.26. The highest BCUT2D eigenvalue weighted by Crippen LogP contribution is 2.39. The first-order valence-corrected chi connectivity index (χ1v) is 16.1. The number of aliphatic hydroxyl groups is 1. The Bertz CT molecular complexity index is 1830. The van der Waals surface area contributed by atoms with E-state index < -0.39 is 29.3 Å². The molecule has 246 valence electrons. The Morgan fingerprint density at radius 3 is 2.53 bits per heavy atom. The molecule has 2 aliphatic heterocycles. The van der Waals surface area contributed by atoms with Crippen LogP contribution in [0.15, 0.2) is 48.8 Å². The van der Waals surface area contributed by atoms with Crippen molar-refractivity contribution in [2.75, 3.05) is 18.4 Å². The number of hydrogen-bond acceptors (Lipinski definition) is 9. The van der Waals surface area contributed by atoms with E-state index in [1.54, 1.807) is 32.2 Å². The van der Waals surface area contributed by atoms with Gasteiger partial charge in [-0.15, -0.1) is 11.3 Å². The first-order valence-electron chi connectivity index (χ1n) is 15.3. The average molecular weight is 667 g/mol. The molecule has 47 heavy (non-hydrogen) atoms. The Labute approximate surface area is 272 Å². The third-order valence-corrected chi connectivity index (χ3v) is 9.77. The monoisotopic (exact) mass is 666 g/mol. The van der Waals surface area contributed by atoms with Crippen molar-refractivity contribution in [1.29, 1.82) is 0 Å². The Kier molecular flexibility index (Phi) is 8.85. The van der Waals surface area contributed by atoms with Crippen LogP contribution < -0.4 is 10.6 Å². The zero-order valence-electron chi connectivity index (χ0n) is 25.7. The van der Waals surface area contributed by atoms with E-state index in [0.29, 0.717) is 41.8 Å². The maximum absolute atomic E-state index is 13.0. The molecular formula is C33H33F3N6O4S. The number of anilines is 1. The van der Waals surface area contributed by atoms with Crippen molar-refractivity contribution in [2.45, 2.75) is 69.7 Å². The number of alkyl halides is 3. The number of piperidine rings is 2. The molecular weight excluding hydrogens is 633 g/mol. The van der Waals surface area contributed by atoms with E-state index in [1.165, 1.54) is 11.3 Å². The van der Waals surface area contributed by atoms with Gasteiger partial charge in [-0.05, 0) is 82.1 Å². The van der Waals surface area contributed by atoms with Crippen LogP contribution in [-0.2, 0) is 27.9 Å². The lowest BCUT2D eigenvalue weighted by Gasteiger charge is -2.32. The second kappa shape index (κ2) is 12.7. The van der Waals surface area contributed by atoms with Gasteiger partial charge in [-0.3, -0.25) is 34.6 Å². The quantitative estimate of drug-likeness (QED) is 0.221. The molecule has 0 saturated carbocycles. The summed E-state index contributed by atoms with van der Waals surface area (Å²) in [5.74, 6) is -1.45. The summed E-state index contributed by atoms with van der Waals surface area (Å²) in [6.45, 7) is 5.42. The number of amides is 3. The fraction of sp³-hybridized carbons (Fsp3) is 0.394. The molecule has 5 heterocycles. The van der Waals surface area contributed by atoms with Crippen LogP contribution in [0.4, 0.5) is 18.9 Å². The minimum absolute atomic E-state index is 0.0490. The van der Waals surface area contributed by atoms with Gasteiger partial charge in [-0.25, -0.2) is 4.98 Å². The average Bonchev–Trinajstić information content (AvgIpc) is 3.44. The lowest BCUT2D eigenvalue weighted by Crippen LogP contribution is -2.40. The number of nitrogens with one attached hydrogen (secondary N) is 2. The van der Waals surface area contributed by atoms with Crippen LogP contribution in [0.2, 0.25) is 0 Å². The first-order chi connectivity index (χ1) is 22.3.